The molecule has 8 N–H and O–H groups in total. The number of anilines is 9. The molecular weight excluding hydrogens is 1360 g/mol. The van der Waals surface area contributed by atoms with Crippen molar-refractivity contribution in [1.82, 2.24) is 54.9 Å². The van der Waals surface area contributed by atoms with E-state index in [1.807, 2.05) is 78.5 Å². The maximum atomic E-state index is 13.2. The van der Waals surface area contributed by atoms with Crippen molar-refractivity contribution in [3.8, 4) is 0 Å². The van der Waals surface area contributed by atoms with Gasteiger partial charge < -0.3 is 36.5 Å². The first-order chi connectivity index (χ1) is 42.1. The van der Waals surface area contributed by atoms with E-state index in [1.165, 1.54) is 48.8 Å². The summed E-state index contributed by atoms with van der Waals surface area (Å²) in [7, 11) is 1.97. The van der Waals surface area contributed by atoms with Crippen molar-refractivity contribution in [2.75, 3.05) is 31.9 Å². The predicted molar refractivity (Wildman–Crippen MR) is 330 cm³/mol. The number of halogens is 12. The van der Waals surface area contributed by atoms with Gasteiger partial charge in [-0.05, 0) is 143 Å². The molecule has 6 aromatic heterocycles. The summed E-state index contributed by atoms with van der Waals surface area (Å²) in [5, 5.41) is 34.8. The van der Waals surface area contributed by atoms with Crippen LogP contribution in [0.3, 0.4) is 0 Å². The number of nitrogens with one attached hydrogen (secondary N) is 8. The Morgan fingerprint density at radius 3 is 1.26 bits per heavy atom. The van der Waals surface area contributed by atoms with Gasteiger partial charge in [0.1, 0.15) is 17.5 Å². The van der Waals surface area contributed by atoms with Crippen molar-refractivity contribution in [2.24, 2.45) is 7.05 Å². The molecular formula is C59H45Br3F9N17. The fourth-order valence-electron chi connectivity index (χ4n) is 8.83. The number of aromatic nitrogens is 11. The molecule has 0 aliphatic rings. The molecule has 0 atom stereocenters. The molecule has 450 valence electrons. The number of hydrogen-bond acceptors (Lipinski definition) is 14. The molecule has 12 aromatic rings. The highest BCUT2D eigenvalue weighted by atomic mass is 79.9. The van der Waals surface area contributed by atoms with Crippen molar-refractivity contribution in [2.45, 2.75) is 38.2 Å². The number of aryl methyl sites for hydroxylation is 1. The zero-order valence-electron chi connectivity index (χ0n) is 45.3. The van der Waals surface area contributed by atoms with Crippen molar-refractivity contribution >= 4 is 133 Å². The van der Waals surface area contributed by atoms with Crippen LogP contribution in [0.2, 0.25) is 0 Å². The number of aromatic amines is 2. The quantitative estimate of drug-likeness (QED) is 0.0449. The number of alkyl halides is 9. The van der Waals surface area contributed by atoms with Crippen LogP contribution in [0.1, 0.15) is 33.4 Å². The van der Waals surface area contributed by atoms with E-state index in [-0.39, 0.29) is 36.3 Å². The lowest BCUT2D eigenvalue weighted by molar-refractivity contribution is -0.139. The predicted octanol–water partition coefficient (Wildman–Crippen LogP) is 17.1. The summed E-state index contributed by atoms with van der Waals surface area (Å²) in [4.78, 5) is 25.7. The third kappa shape index (κ3) is 15.6. The molecule has 0 radical (unpaired) electrons. The van der Waals surface area contributed by atoms with Gasteiger partial charge in [0.15, 0.2) is 0 Å². The molecule has 0 bridgehead atoms. The van der Waals surface area contributed by atoms with Crippen LogP contribution in [-0.4, -0.2) is 54.9 Å². The van der Waals surface area contributed by atoms with Crippen molar-refractivity contribution < 1.29 is 39.5 Å². The van der Waals surface area contributed by atoms with E-state index in [0.29, 0.717) is 48.7 Å². The first-order valence-electron chi connectivity index (χ1n) is 26.1. The van der Waals surface area contributed by atoms with Crippen LogP contribution in [0.15, 0.2) is 184 Å². The van der Waals surface area contributed by atoms with Crippen molar-refractivity contribution in [3.63, 3.8) is 0 Å². The van der Waals surface area contributed by atoms with E-state index in [4.69, 9.17) is 0 Å². The fraction of sp³-hybridized carbons (Fsp3) is 0.119. The first kappa shape index (κ1) is 61.7. The van der Waals surface area contributed by atoms with Crippen LogP contribution < -0.4 is 31.9 Å². The molecule has 0 unspecified atom stereocenters. The molecule has 0 aliphatic heterocycles. The second-order valence-corrected chi connectivity index (χ2v) is 21.7. The lowest BCUT2D eigenvalue weighted by Crippen LogP contribution is -2.12. The van der Waals surface area contributed by atoms with E-state index in [2.05, 4.69) is 130 Å². The smallest absolute Gasteiger partial charge is 0.365 e. The molecule has 6 aromatic carbocycles. The highest BCUT2D eigenvalue weighted by Gasteiger charge is 2.35. The van der Waals surface area contributed by atoms with Crippen LogP contribution in [0, 0.1) is 0 Å². The van der Waals surface area contributed by atoms with Gasteiger partial charge in [-0.25, -0.2) is 15.0 Å². The highest BCUT2D eigenvalue weighted by molar-refractivity contribution is 9.11. The molecule has 0 saturated carbocycles. The SMILES string of the molecule is Cn1ccc2cc(Nc3ncc(Br)c(NCc4ccccc4C(F)(F)F)n3)ccc21.FC(F)(F)c1ccccc1CNc1nc(Nc2ccc3[nH]ncc3c2)ncc1Br.FC(F)(F)c1ccccc1CNc1nc(Nc2ccc3cn[nH]c3c2)ncc1Br. The minimum Gasteiger partial charge on any atom is -0.365 e. The summed E-state index contributed by atoms with van der Waals surface area (Å²) in [5.41, 5.74) is 3.55. The second kappa shape index (κ2) is 26.7. The topological polar surface area (TPSA) is 212 Å². The number of rotatable bonds is 15. The number of fused-ring (bicyclic) bond motifs is 3. The third-order valence-electron chi connectivity index (χ3n) is 13.1. The molecule has 17 nitrogen and oxygen atoms in total. The van der Waals surface area contributed by atoms with Crippen molar-refractivity contribution in [3.05, 3.63) is 217 Å². The molecule has 0 fully saturated rings. The van der Waals surface area contributed by atoms with Crippen LogP contribution in [0.25, 0.3) is 32.7 Å². The van der Waals surface area contributed by atoms with Crippen LogP contribution in [0.5, 0.6) is 0 Å². The average molecular weight is 1400 g/mol. The van der Waals surface area contributed by atoms with Crippen LogP contribution in [0.4, 0.5) is 91.9 Å². The average Bonchev–Trinajstić information content (AvgIpc) is 3.75. The van der Waals surface area contributed by atoms with Gasteiger partial charge >= 0.3 is 18.5 Å². The van der Waals surface area contributed by atoms with E-state index in [0.717, 1.165) is 68.0 Å². The normalized spacial score (nSPS) is 11.6. The fourth-order valence-corrected chi connectivity index (χ4v) is 9.82. The molecule has 6 heterocycles. The Balaban J connectivity index is 0.000000146. The Kier molecular flexibility index (Phi) is 18.7. The lowest BCUT2D eigenvalue weighted by Gasteiger charge is -2.14. The molecule has 88 heavy (non-hydrogen) atoms. The molecule has 0 aliphatic carbocycles. The molecule has 0 saturated heterocycles. The van der Waals surface area contributed by atoms with Gasteiger partial charge in [-0.15, -0.1) is 0 Å². The Morgan fingerprint density at radius 1 is 0.420 bits per heavy atom. The van der Waals surface area contributed by atoms with E-state index in [1.54, 1.807) is 36.8 Å². The Bertz CT molecular complexity index is 4220. The van der Waals surface area contributed by atoms with Crippen molar-refractivity contribution in [1.29, 1.82) is 0 Å². The van der Waals surface area contributed by atoms with Gasteiger partial charge in [0.25, 0.3) is 0 Å². The summed E-state index contributed by atoms with van der Waals surface area (Å²) in [6.07, 6.45) is -3.24. The van der Waals surface area contributed by atoms with E-state index >= 15 is 0 Å². The second-order valence-electron chi connectivity index (χ2n) is 19.1. The number of nitrogens with zero attached hydrogens (tertiary/aromatic N) is 9. The van der Waals surface area contributed by atoms with Gasteiger partial charge in [0, 0.05) is 90.2 Å². The summed E-state index contributed by atoms with van der Waals surface area (Å²) >= 11 is 9.99. The monoisotopic (exact) mass is 1400 g/mol. The van der Waals surface area contributed by atoms with Gasteiger partial charge in [0.05, 0.1) is 53.5 Å². The summed E-state index contributed by atoms with van der Waals surface area (Å²) in [6.45, 7) is -0.0999. The Morgan fingerprint density at radius 2 is 0.807 bits per heavy atom. The first-order valence-corrected chi connectivity index (χ1v) is 28.5. The van der Waals surface area contributed by atoms with Gasteiger partial charge in [-0.1, -0.05) is 54.6 Å². The number of hydrogen-bond donors (Lipinski definition) is 8. The Hall–Kier alpha value is -9.35. The summed E-state index contributed by atoms with van der Waals surface area (Å²) in [5.74, 6) is 2.10. The molecule has 12 rings (SSSR count). The minimum atomic E-state index is -4.42. The lowest BCUT2D eigenvalue weighted by atomic mass is 10.1. The summed E-state index contributed by atoms with van der Waals surface area (Å²) in [6, 6.07) is 35.4. The maximum absolute atomic E-state index is 13.2. The Labute approximate surface area is 518 Å². The van der Waals surface area contributed by atoms with Crippen LogP contribution in [-0.2, 0) is 45.2 Å². The minimum absolute atomic E-state index is 0.0271. The highest BCUT2D eigenvalue weighted by Crippen LogP contribution is 2.36. The zero-order valence-corrected chi connectivity index (χ0v) is 50.1. The van der Waals surface area contributed by atoms with Crippen LogP contribution >= 0.6 is 47.8 Å². The van der Waals surface area contributed by atoms with E-state index < -0.39 is 35.2 Å². The van der Waals surface area contributed by atoms with Gasteiger partial charge in [-0.2, -0.15) is 64.7 Å². The standard InChI is InChI=1S/C21H17BrF3N5.2C19H14BrF3N6/c1-30-9-8-13-10-15(6-7-18(13)30)28-20-27-12-17(22)19(29-20)26-11-14-4-2-3-5-16(14)21(23,24)25;20-15-10-25-18(27-13-5-6-16-12(7-13)9-26-29-16)28-17(15)24-8-11-3-1-2-4-14(11)19(21,22)23;20-15-10-25-18(27-13-6-5-12-9-26-29-16(12)7-13)28-17(15)24-8-11-3-1-2-4-14(11)19(21,22)23/h2-10,12H,11H2,1H3,(H2,26,27,28,29);2*1-7,9-10H,8H2,(H,26,29)(H2,24,25,27,28). The molecule has 0 amide bonds. The number of H-pyrrole nitrogens is 2. The third-order valence-corrected chi connectivity index (χ3v) is 14.8. The molecule has 29 heteroatoms. The van der Waals surface area contributed by atoms with Gasteiger partial charge in [0.2, 0.25) is 17.8 Å². The largest absolute Gasteiger partial charge is 0.416 e. The van der Waals surface area contributed by atoms with Gasteiger partial charge in [-0.3, -0.25) is 10.2 Å². The summed E-state index contributed by atoms with van der Waals surface area (Å²) < 4.78 is 122. The maximum Gasteiger partial charge on any atom is 0.416 e. The molecule has 0 spiro atoms. The van der Waals surface area contributed by atoms with E-state index in [9.17, 15) is 39.5 Å². The number of benzene rings is 6. The zero-order chi connectivity index (χ0) is 62.2.